The Hall–Kier alpha value is -2.87. The number of nitrogens with one attached hydrogen (secondary N) is 1. The molecule has 1 aliphatic rings. The number of sulfonamides is 1. The number of rotatable bonds is 8. The van der Waals surface area contributed by atoms with Gasteiger partial charge in [-0.2, -0.15) is 17.9 Å². The highest BCUT2D eigenvalue weighted by Crippen LogP contribution is 2.45. The number of carbonyl (C=O) groups excluding carboxylic acids is 1. The molecule has 44 heavy (non-hydrogen) atoms. The summed E-state index contributed by atoms with van der Waals surface area (Å²) in [6, 6.07) is -1.09. The predicted octanol–water partition coefficient (Wildman–Crippen LogP) is 5.78. The van der Waals surface area contributed by atoms with Crippen molar-refractivity contribution in [3.63, 3.8) is 0 Å². The SMILES string of the molecule is C[C@H](NS(=O)(=O)c1ccc(-c2sc(-c3nnc(C(C)(C)O)o3)nc2C(=O)N2CCC(F)(F)CC2)c(C(F)F)c1Cl)C(F)(F)F. The molecule has 4 rings (SSSR count). The van der Waals surface area contributed by atoms with Crippen molar-refractivity contribution in [1.82, 2.24) is 24.8 Å². The standard InChI is InChI=1S/C24H23ClF7N5O5S2/c1-10(24(30,31)32)36-44(40,41)12-5-4-11(13(14(12)25)17(26)27)16-15(20(38)37-8-6-23(28,29)7-9-37)33-19(43-16)18-34-35-21(42-18)22(2,3)39/h4-5,10,17,36,39H,6-9H2,1-3H3/t10-/m0/s1. The number of piperidine rings is 1. The summed E-state index contributed by atoms with van der Waals surface area (Å²) in [5.41, 5.74) is -3.77. The number of amides is 1. The van der Waals surface area contributed by atoms with Gasteiger partial charge in [-0.1, -0.05) is 17.7 Å². The molecule has 1 atom stereocenters. The first-order valence-electron chi connectivity index (χ1n) is 12.6. The molecular formula is C24H23ClF7N5O5S2. The van der Waals surface area contributed by atoms with E-state index in [2.05, 4.69) is 15.2 Å². The van der Waals surface area contributed by atoms with Gasteiger partial charge in [0, 0.05) is 37.1 Å². The van der Waals surface area contributed by atoms with Crippen LogP contribution in [0.25, 0.3) is 21.3 Å². The fourth-order valence-corrected chi connectivity index (χ4v) is 6.93. The van der Waals surface area contributed by atoms with Gasteiger partial charge in [-0.05, 0) is 26.8 Å². The second-order valence-electron chi connectivity index (χ2n) is 10.3. The normalized spacial score (nSPS) is 16.9. The number of carbonyl (C=O) groups is 1. The number of hydrogen-bond acceptors (Lipinski definition) is 9. The van der Waals surface area contributed by atoms with Gasteiger partial charge in [0.05, 0.1) is 9.90 Å². The first kappa shape index (κ1) is 34.0. The van der Waals surface area contributed by atoms with Crippen LogP contribution in [0.5, 0.6) is 0 Å². The first-order chi connectivity index (χ1) is 20.1. The number of benzene rings is 1. The third-order valence-corrected chi connectivity index (χ3v) is 9.64. The van der Waals surface area contributed by atoms with E-state index in [0.29, 0.717) is 24.3 Å². The molecule has 0 spiro atoms. The number of alkyl halides is 7. The number of aliphatic hydroxyl groups is 1. The summed E-state index contributed by atoms with van der Waals surface area (Å²) in [4.78, 5) is 17.3. The number of thiazole rings is 1. The molecule has 1 aliphatic heterocycles. The molecule has 2 N–H and O–H groups in total. The van der Waals surface area contributed by atoms with Crippen molar-refractivity contribution >= 4 is 38.9 Å². The average molecular weight is 694 g/mol. The van der Waals surface area contributed by atoms with Gasteiger partial charge in [0.1, 0.15) is 22.2 Å². The van der Waals surface area contributed by atoms with Crippen LogP contribution in [0, 0.1) is 0 Å². The first-order valence-corrected chi connectivity index (χ1v) is 15.2. The number of hydrogen-bond donors (Lipinski definition) is 2. The van der Waals surface area contributed by atoms with Crippen LogP contribution < -0.4 is 4.72 Å². The van der Waals surface area contributed by atoms with Crippen LogP contribution in [0.1, 0.15) is 62.0 Å². The van der Waals surface area contributed by atoms with E-state index in [4.69, 9.17) is 16.0 Å². The van der Waals surface area contributed by atoms with E-state index in [1.165, 1.54) is 18.6 Å². The molecule has 0 bridgehead atoms. The van der Waals surface area contributed by atoms with E-state index in [1.807, 2.05) is 0 Å². The Morgan fingerprint density at radius 3 is 2.32 bits per heavy atom. The second-order valence-corrected chi connectivity index (χ2v) is 13.4. The van der Waals surface area contributed by atoms with Gasteiger partial charge in [-0.25, -0.2) is 31.0 Å². The van der Waals surface area contributed by atoms with Gasteiger partial charge in [0.25, 0.3) is 24.1 Å². The van der Waals surface area contributed by atoms with E-state index in [-0.39, 0.29) is 21.7 Å². The fraction of sp³-hybridized carbons (Fsp3) is 0.500. The second kappa shape index (κ2) is 11.8. The topological polar surface area (TPSA) is 139 Å². The van der Waals surface area contributed by atoms with Gasteiger partial charge in [-0.15, -0.1) is 21.5 Å². The summed E-state index contributed by atoms with van der Waals surface area (Å²) < 4.78 is 128. The maximum Gasteiger partial charge on any atom is 0.404 e. The summed E-state index contributed by atoms with van der Waals surface area (Å²) in [5.74, 6) is -4.57. The molecule has 1 fully saturated rings. The molecule has 3 heterocycles. The Balaban J connectivity index is 1.87. The Bertz CT molecular complexity index is 1660. The van der Waals surface area contributed by atoms with Crippen LogP contribution in [0.4, 0.5) is 30.7 Å². The van der Waals surface area contributed by atoms with E-state index in [0.717, 1.165) is 11.0 Å². The molecule has 242 valence electrons. The molecule has 0 unspecified atom stereocenters. The minimum atomic E-state index is -5.08. The van der Waals surface area contributed by atoms with Crippen molar-refractivity contribution in [2.75, 3.05) is 13.1 Å². The average Bonchev–Trinajstić information content (AvgIpc) is 3.55. The zero-order valence-electron chi connectivity index (χ0n) is 22.8. The Morgan fingerprint density at radius 1 is 1.18 bits per heavy atom. The van der Waals surface area contributed by atoms with Crippen LogP contribution in [0.15, 0.2) is 21.4 Å². The summed E-state index contributed by atoms with van der Waals surface area (Å²) in [5, 5.41) is 16.3. The lowest BCUT2D eigenvalue weighted by Crippen LogP contribution is -2.43. The Kier molecular flexibility index (Phi) is 9.13. The van der Waals surface area contributed by atoms with Crippen LogP contribution in [-0.4, -0.2) is 70.7 Å². The van der Waals surface area contributed by atoms with Gasteiger partial charge >= 0.3 is 6.18 Å². The van der Waals surface area contributed by atoms with E-state index >= 15 is 0 Å². The molecule has 2 aromatic heterocycles. The predicted molar refractivity (Wildman–Crippen MR) is 142 cm³/mol. The maximum atomic E-state index is 14.5. The van der Waals surface area contributed by atoms with Crippen molar-refractivity contribution in [2.45, 2.75) is 68.7 Å². The third-order valence-electron chi connectivity index (χ3n) is 6.46. The molecular weight excluding hydrogens is 671 g/mol. The minimum Gasteiger partial charge on any atom is -0.415 e. The largest absolute Gasteiger partial charge is 0.415 e. The highest BCUT2D eigenvalue weighted by atomic mass is 35.5. The van der Waals surface area contributed by atoms with E-state index in [9.17, 15) is 49.1 Å². The quantitative estimate of drug-likeness (QED) is 0.283. The van der Waals surface area contributed by atoms with Crippen LogP contribution in [0.3, 0.4) is 0 Å². The van der Waals surface area contributed by atoms with Crippen molar-refractivity contribution < 1.29 is 53.5 Å². The highest BCUT2D eigenvalue weighted by molar-refractivity contribution is 7.89. The minimum absolute atomic E-state index is 0.206. The maximum absolute atomic E-state index is 14.5. The van der Waals surface area contributed by atoms with Crippen molar-refractivity contribution in [1.29, 1.82) is 0 Å². The van der Waals surface area contributed by atoms with Gasteiger partial charge < -0.3 is 14.4 Å². The molecule has 20 heteroatoms. The molecule has 0 aliphatic carbocycles. The summed E-state index contributed by atoms with van der Waals surface area (Å²) in [6.45, 7) is 2.36. The lowest BCUT2D eigenvalue weighted by molar-refractivity contribution is -0.147. The molecule has 10 nitrogen and oxygen atoms in total. The number of nitrogens with zero attached hydrogens (tertiary/aromatic N) is 4. The lowest BCUT2D eigenvalue weighted by atomic mass is 10.0. The van der Waals surface area contributed by atoms with Crippen molar-refractivity contribution in [3.05, 3.63) is 34.3 Å². The summed E-state index contributed by atoms with van der Waals surface area (Å²) in [6.07, 6.45) is -9.86. The van der Waals surface area contributed by atoms with Crippen LogP contribution in [0.2, 0.25) is 5.02 Å². The van der Waals surface area contributed by atoms with Gasteiger partial charge in [0.15, 0.2) is 5.01 Å². The van der Waals surface area contributed by atoms with Gasteiger partial charge in [0.2, 0.25) is 15.9 Å². The summed E-state index contributed by atoms with van der Waals surface area (Å²) in [7, 11) is -5.08. The van der Waals surface area contributed by atoms with Gasteiger partial charge in [-0.3, -0.25) is 4.79 Å². The third kappa shape index (κ3) is 7.00. The molecule has 1 amide bonds. The summed E-state index contributed by atoms with van der Waals surface area (Å²) >= 11 is 6.65. The fourth-order valence-electron chi connectivity index (χ4n) is 4.04. The zero-order valence-corrected chi connectivity index (χ0v) is 25.2. The number of likely N-dealkylation sites (tertiary alicyclic amines) is 1. The van der Waals surface area contributed by atoms with E-state index in [1.54, 1.807) is 0 Å². The van der Waals surface area contributed by atoms with Crippen LogP contribution in [-0.2, 0) is 15.6 Å². The van der Waals surface area contributed by atoms with Crippen molar-refractivity contribution in [2.24, 2.45) is 0 Å². The Morgan fingerprint density at radius 2 is 1.80 bits per heavy atom. The molecule has 0 saturated carbocycles. The highest BCUT2D eigenvalue weighted by Gasteiger charge is 2.41. The van der Waals surface area contributed by atoms with Crippen LogP contribution >= 0.6 is 22.9 Å². The van der Waals surface area contributed by atoms with Crippen molar-refractivity contribution in [3.8, 4) is 21.3 Å². The molecule has 1 saturated heterocycles. The molecule has 3 aromatic rings. The monoisotopic (exact) mass is 693 g/mol. The number of aromatic nitrogens is 3. The molecule has 0 radical (unpaired) electrons. The Labute approximate surface area is 254 Å². The number of halogens is 8. The smallest absolute Gasteiger partial charge is 0.404 e. The lowest BCUT2D eigenvalue weighted by Gasteiger charge is -2.31. The zero-order chi connectivity index (χ0) is 33.0. The molecule has 1 aromatic carbocycles. The van der Waals surface area contributed by atoms with E-state index < -0.39 is 98.8 Å².